The summed E-state index contributed by atoms with van der Waals surface area (Å²) in [6, 6.07) is 5.82. The molecule has 0 radical (unpaired) electrons. The van der Waals surface area contributed by atoms with Gasteiger partial charge in [0.25, 0.3) is 5.91 Å². The quantitative estimate of drug-likeness (QED) is 0.812. The lowest BCUT2D eigenvalue weighted by Crippen LogP contribution is -2.37. The topological polar surface area (TPSA) is 64.3 Å². The van der Waals surface area contributed by atoms with Crippen LogP contribution < -0.4 is 15.8 Å². The molecule has 3 N–H and O–H groups in total. The van der Waals surface area contributed by atoms with Crippen molar-refractivity contribution in [1.82, 2.24) is 5.32 Å². The minimum Gasteiger partial charge on any atom is -0.481 e. The summed E-state index contributed by atoms with van der Waals surface area (Å²) in [6.45, 7) is 10.6. The number of carbonyl (C=O) groups is 1. The van der Waals surface area contributed by atoms with E-state index in [1.165, 1.54) is 0 Å². The second-order valence-corrected chi connectivity index (χ2v) is 6.05. The fourth-order valence-electron chi connectivity index (χ4n) is 1.96. The Kier molecular flexibility index (Phi) is 6.69. The van der Waals surface area contributed by atoms with Crippen molar-refractivity contribution in [3.63, 3.8) is 0 Å². The van der Waals surface area contributed by atoms with E-state index in [1.807, 2.05) is 32.0 Å². The normalized spacial score (nSPS) is 13.9. The largest absolute Gasteiger partial charge is 0.481 e. The Balaban J connectivity index is 2.58. The molecule has 1 rings (SSSR count). The Bertz CT molecular complexity index is 470. The van der Waals surface area contributed by atoms with Crippen LogP contribution in [0.15, 0.2) is 18.2 Å². The summed E-state index contributed by atoms with van der Waals surface area (Å²) in [5.74, 6) is 1.23. The van der Waals surface area contributed by atoms with Gasteiger partial charge >= 0.3 is 0 Å². The first kappa shape index (κ1) is 17.5. The molecule has 0 aliphatic rings. The van der Waals surface area contributed by atoms with Crippen LogP contribution in [0.5, 0.6) is 5.75 Å². The van der Waals surface area contributed by atoms with Crippen molar-refractivity contribution in [3.05, 3.63) is 29.3 Å². The smallest absolute Gasteiger partial charge is 0.260 e. The van der Waals surface area contributed by atoms with Crippen LogP contribution in [-0.2, 0) is 4.79 Å². The van der Waals surface area contributed by atoms with E-state index >= 15 is 0 Å². The average molecular weight is 292 g/mol. The Morgan fingerprint density at radius 3 is 2.48 bits per heavy atom. The number of hydrogen-bond donors (Lipinski definition) is 2. The highest BCUT2D eigenvalue weighted by Crippen LogP contribution is 2.22. The van der Waals surface area contributed by atoms with Crippen molar-refractivity contribution in [2.75, 3.05) is 6.54 Å². The molecule has 1 aromatic rings. The predicted octanol–water partition coefficient (Wildman–Crippen LogP) is 2.94. The number of carbonyl (C=O) groups excluding carboxylic acids is 1. The number of amides is 1. The third-order valence-corrected chi connectivity index (χ3v) is 3.42. The number of hydrogen-bond acceptors (Lipinski definition) is 3. The van der Waals surface area contributed by atoms with Gasteiger partial charge < -0.3 is 15.8 Å². The first-order valence-electron chi connectivity index (χ1n) is 7.61. The second-order valence-electron chi connectivity index (χ2n) is 6.05. The molecule has 0 spiro atoms. The molecule has 21 heavy (non-hydrogen) atoms. The van der Waals surface area contributed by atoms with E-state index in [2.05, 4.69) is 19.2 Å². The number of nitrogens with one attached hydrogen (secondary N) is 1. The molecule has 0 saturated heterocycles. The van der Waals surface area contributed by atoms with Crippen LogP contribution in [0.2, 0.25) is 0 Å². The number of aryl methyl sites for hydroxylation is 1. The van der Waals surface area contributed by atoms with Gasteiger partial charge in [0.15, 0.2) is 6.10 Å². The Morgan fingerprint density at radius 1 is 1.29 bits per heavy atom. The van der Waals surface area contributed by atoms with E-state index in [9.17, 15) is 4.79 Å². The fraction of sp³-hybridized carbons (Fsp3) is 0.588. The standard InChI is InChI=1S/C17H28N2O2/c1-11(2)8-9-19-17(20)14(5)21-16-7-6-15(13(4)18)10-12(16)3/h6-7,10-11,13-14H,8-9,18H2,1-5H3,(H,19,20). The molecule has 0 aromatic heterocycles. The van der Waals surface area contributed by atoms with Crippen molar-refractivity contribution < 1.29 is 9.53 Å². The summed E-state index contributed by atoms with van der Waals surface area (Å²) in [4.78, 5) is 12.0. The lowest BCUT2D eigenvalue weighted by atomic mass is 10.1. The summed E-state index contributed by atoms with van der Waals surface area (Å²) in [6.07, 6.45) is 0.470. The minimum absolute atomic E-state index is 0.00509. The van der Waals surface area contributed by atoms with E-state index in [0.29, 0.717) is 12.5 Å². The van der Waals surface area contributed by atoms with E-state index in [0.717, 1.165) is 23.3 Å². The first-order chi connectivity index (χ1) is 9.81. The molecule has 4 heteroatoms. The van der Waals surface area contributed by atoms with E-state index in [4.69, 9.17) is 10.5 Å². The molecule has 0 bridgehead atoms. The molecule has 1 aromatic carbocycles. The lowest BCUT2D eigenvalue weighted by molar-refractivity contribution is -0.127. The summed E-state index contributed by atoms with van der Waals surface area (Å²) in [5, 5.41) is 2.90. The molecule has 4 nitrogen and oxygen atoms in total. The van der Waals surface area contributed by atoms with Crippen molar-refractivity contribution >= 4 is 5.91 Å². The molecular weight excluding hydrogens is 264 g/mol. The van der Waals surface area contributed by atoms with Gasteiger partial charge in [0.05, 0.1) is 0 Å². The molecule has 118 valence electrons. The minimum atomic E-state index is -0.503. The maximum absolute atomic E-state index is 12.0. The summed E-state index contributed by atoms with van der Waals surface area (Å²) in [7, 11) is 0. The van der Waals surface area contributed by atoms with Crippen LogP contribution in [0.3, 0.4) is 0 Å². The van der Waals surface area contributed by atoms with Crippen LogP contribution in [0, 0.1) is 12.8 Å². The van der Waals surface area contributed by atoms with E-state index in [1.54, 1.807) is 6.92 Å². The summed E-state index contributed by atoms with van der Waals surface area (Å²) >= 11 is 0. The number of nitrogens with two attached hydrogens (primary N) is 1. The maximum Gasteiger partial charge on any atom is 0.260 e. The third-order valence-electron chi connectivity index (χ3n) is 3.42. The highest BCUT2D eigenvalue weighted by Gasteiger charge is 2.15. The second kappa shape index (κ2) is 8.03. The Hall–Kier alpha value is -1.55. The molecule has 2 unspecified atom stereocenters. The number of ether oxygens (including phenoxy) is 1. The Morgan fingerprint density at radius 2 is 1.95 bits per heavy atom. The molecule has 0 fully saturated rings. The van der Waals surface area contributed by atoms with Gasteiger partial charge in [-0.1, -0.05) is 26.0 Å². The average Bonchev–Trinajstić information content (AvgIpc) is 2.40. The molecule has 0 saturated carbocycles. The van der Waals surface area contributed by atoms with Gasteiger partial charge in [-0.3, -0.25) is 4.79 Å². The van der Waals surface area contributed by atoms with E-state index in [-0.39, 0.29) is 11.9 Å². The molecule has 0 aliphatic carbocycles. The molecule has 2 atom stereocenters. The zero-order chi connectivity index (χ0) is 16.0. The predicted molar refractivity (Wildman–Crippen MR) is 86.3 cm³/mol. The van der Waals surface area contributed by atoms with Gasteiger partial charge in [0.2, 0.25) is 0 Å². The third kappa shape index (κ3) is 5.76. The highest BCUT2D eigenvalue weighted by atomic mass is 16.5. The van der Waals surface area contributed by atoms with Crippen molar-refractivity contribution in [3.8, 4) is 5.75 Å². The zero-order valence-electron chi connectivity index (χ0n) is 13.8. The fourth-order valence-corrected chi connectivity index (χ4v) is 1.96. The number of rotatable bonds is 7. The van der Waals surface area contributed by atoms with Crippen LogP contribution in [-0.4, -0.2) is 18.6 Å². The molecular formula is C17H28N2O2. The maximum atomic E-state index is 12.0. The van der Waals surface area contributed by atoms with Crippen LogP contribution >= 0.6 is 0 Å². The summed E-state index contributed by atoms with van der Waals surface area (Å²) < 4.78 is 5.75. The van der Waals surface area contributed by atoms with Gasteiger partial charge in [-0.25, -0.2) is 0 Å². The van der Waals surface area contributed by atoms with Gasteiger partial charge in [0.1, 0.15) is 5.75 Å². The van der Waals surface area contributed by atoms with Gasteiger partial charge in [-0.15, -0.1) is 0 Å². The molecule has 0 aliphatic heterocycles. The van der Waals surface area contributed by atoms with Gasteiger partial charge in [0, 0.05) is 12.6 Å². The SMILES string of the molecule is Cc1cc(C(C)N)ccc1OC(C)C(=O)NCCC(C)C. The Labute approximate surface area is 128 Å². The first-order valence-corrected chi connectivity index (χ1v) is 7.61. The van der Waals surface area contributed by atoms with Crippen molar-refractivity contribution in [2.24, 2.45) is 11.7 Å². The lowest BCUT2D eigenvalue weighted by Gasteiger charge is -2.17. The van der Waals surface area contributed by atoms with E-state index < -0.39 is 6.10 Å². The molecule has 0 heterocycles. The molecule has 1 amide bonds. The van der Waals surface area contributed by atoms with Crippen molar-refractivity contribution in [1.29, 1.82) is 0 Å². The van der Waals surface area contributed by atoms with Gasteiger partial charge in [-0.2, -0.15) is 0 Å². The van der Waals surface area contributed by atoms with Crippen molar-refractivity contribution in [2.45, 2.75) is 53.2 Å². The van der Waals surface area contributed by atoms with Gasteiger partial charge in [-0.05, 0) is 50.3 Å². The highest BCUT2D eigenvalue weighted by molar-refractivity contribution is 5.80. The van der Waals surface area contributed by atoms with Crippen LogP contribution in [0.4, 0.5) is 0 Å². The zero-order valence-corrected chi connectivity index (χ0v) is 13.8. The number of benzene rings is 1. The van der Waals surface area contributed by atoms with Crippen LogP contribution in [0.1, 0.15) is 51.3 Å². The van der Waals surface area contributed by atoms with Crippen LogP contribution in [0.25, 0.3) is 0 Å². The monoisotopic (exact) mass is 292 g/mol. The summed E-state index contributed by atoms with van der Waals surface area (Å²) in [5.41, 5.74) is 7.91.